The van der Waals surface area contributed by atoms with Crippen molar-refractivity contribution in [2.75, 3.05) is 6.54 Å². The van der Waals surface area contributed by atoms with Crippen molar-refractivity contribution < 1.29 is 13.5 Å². The minimum atomic E-state index is -3.79. The average molecular weight is 396 g/mol. The fourth-order valence-electron chi connectivity index (χ4n) is 2.58. The highest BCUT2D eigenvalue weighted by atomic mass is 35.5. The average Bonchev–Trinajstić information content (AvgIpc) is 2.98. The van der Waals surface area contributed by atoms with E-state index in [0.717, 1.165) is 21.6 Å². The lowest BCUT2D eigenvalue weighted by molar-refractivity contribution is 0.153. The normalized spacial score (nSPS) is 14.5. The molecule has 0 aliphatic rings. The monoisotopic (exact) mass is 395 g/mol. The first-order chi connectivity index (χ1) is 11.9. The largest absolute Gasteiger partial charge is 0.391 e. The lowest BCUT2D eigenvalue weighted by Crippen LogP contribution is -2.34. The van der Waals surface area contributed by atoms with E-state index < -0.39 is 16.1 Å². The SMILES string of the molecule is CC(c1ccccc1)C(O)CNS(=O)(=O)c1sc2ccccc2c1Cl. The summed E-state index contributed by atoms with van der Waals surface area (Å²) in [6.45, 7) is 1.78. The van der Waals surface area contributed by atoms with Gasteiger partial charge in [0.05, 0.1) is 11.1 Å². The van der Waals surface area contributed by atoms with Crippen molar-refractivity contribution in [3.05, 3.63) is 65.2 Å². The van der Waals surface area contributed by atoms with Crippen LogP contribution >= 0.6 is 22.9 Å². The maximum Gasteiger partial charge on any atom is 0.251 e. The van der Waals surface area contributed by atoms with Crippen molar-refractivity contribution in [3.8, 4) is 0 Å². The second-order valence-electron chi connectivity index (χ2n) is 5.82. The topological polar surface area (TPSA) is 66.4 Å². The van der Waals surface area contributed by atoms with Gasteiger partial charge in [-0.25, -0.2) is 13.1 Å². The number of hydrogen-bond donors (Lipinski definition) is 2. The van der Waals surface area contributed by atoms with E-state index in [1.54, 1.807) is 6.07 Å². The number of rotatable bonds is 6. The predicted octanol–water partition coefficient (Wildman–Crippen LogP) is 4.00. The predicted molar refractivity (Wildman–Crippen MR) is 103 cm³/mol. The Morgan fingerprint density at radius 3 is 2.44 bits per heavy atom. The van der Waals surface area contributed by atoms with E-state index in [2.05, 4.69) is 4.72 Å². The van der Waals surface area contributed by atoms with Crippen LogP contribution in [0.3, 0.4) is 0 Å². The molecule has 0 fully saturated rings. The molecule has 2 N–H and O–H groups in total. The molecule has 4 nitrogen and oxygen atoms in total. The van der Waals surface area contributed by atoms with Gasteiger partial charge in [0.2, 0.25) is 0 Å². The van der Waals surface area contributed by atoms with Crippen molar-refractivity contribution in [2.45, 2.75) is 23.2 Å². The Balaban J connectivity index is 1.76. The summed E-state index contributed by atoms with van der Waals surface area (Å²) in [5, 5.41) is 11.3. The smallest absolute Gasteiger partial charge is 0.251 e. The molecule has 0 amide bonds. The van der Waals surface area contributed by atoms with Crippen LogP contribution in [0.25, 0.3) is 10.1 Å². The summed E-state index contributed by atoms with van der Waals surface area (Å²) in [7, 11) is -3.79. The summed E-state index contributed by atoms with van der Waals surface area (Å²) >= 11 is 7.37. The van der Waals surface area contributed by atoms with Crippen molar-refractivity contribution in [1.29, 1.82) is 0 Å². The van der Waals surface area contributed by atoms with Gasteiger partial charge in [0.15, 0.2) is 4.21 Å². The van der Waals surface area contributed by atoms with E-state index in [9.17, 15) is 13.5 Å². The minimum absolute atomic E-state index is 0.0786. The van der Waals surface area contributed by atoms with Crippen molar-refractivity contribution in [1.82, 2.24) is 4.72 Å². The molecule has 3 aromatic rings. The van der Waals surface area contributed by atoms with Gasteiger partial charge >= 0.3 is 0 Å². The summed E-state index contributed by atoms with van der Waals surface area (Å²) in [4.78, 5) is 0. The molecule has 0 bridgehead atoms. The molecule has 2 aromatic carbocycles. The van der Waals surface area contributed by atoms with Gasteiger partial charge in [-0.15, -0.1) is 11.3 Å². The Kier molecular flexibility index (Phi) is 5.46. The van der Waals surface area contributed by atoms with E-state index >= 15 is 0 Å². The van der Waals surface area contributed by atoms with Crippen LogP contribution in [0.15, 0.2) is 58.8 Å². The van der Waals surface area contributed by atoms with Gasteiger partial charge in [-0.1, -0.05) is 67.1 Å². The van der Waals surface area contributed by atoms with E-state index in [1.165, 1.54) is 0 Å². The number of nitrogens with one attached hydrogen (secondary N) is 1. The van der Waals surface area contributed by atoms with Gasteiger partial charge in [-0.2, -0.15) is 0 Å². The molecule has 1 aromatic heterocycles. The van der Waals surface area contributed by atoms with E-state index in [-0.39, 0.29) is 21.7 Å². The first-order valence-corrected chi connectivity index (χ1v) is 10.5. The van der Waals surface area contributed by atoms with Gasteiger partial charge in [0, 0.05) is 22.5 Å². The summed E-state index contributed by atoms with van der Waals surface area (Å²) in [5.74, 6) is -0.193. The lowest BCUT2D eigenvalue weighted by Gasteiger charge is -2.19. The van der Waals surface area contributed by atoms with Crippen LogP contribution in [-0.2, 0) is 10.0 Å². The first-order valence-electron chi connectivity index (χ1n) is 7.80. The zero-order chi connectivity index (χ0) is 18.0. The second-order valence-corrected chi connectivity index (χ2v) is 9.21. The van der Waals surface area contributed by atoms with Crippen LogP contribution in [0.5, 0.6) is 0 Å². The van der Waals surface area contributed by atoms with Gasteiger partial charge in [-0.05, 0) is 11.6 Å². The highest BCUT2D eigenvalue weighted by Crippen LogP contribution is 2.38. The second kappa shape index (κ2) is 7.43. The fourth-order valence-corrected chi connectivity index (χ4v) is 5.80. The Bertz CT molecular complexity index is 970. The third-order valence-corrected chi connectivity index (χ3v) is 7.86. The van der Waals surface area contributed by atoms with Crippen LogP contribution < -0.4 is 4.72 Å². The van der Waals surface area contributed by atoms with Crippen LogP contribution in [0.2, 0.25) is 5.02 Å². The summed E-state index contributed by atoms with van der Waals surface area (Å²) in [5.41, 5.74) is 0.953. The van der Waals surface area contributed by atoms with Gasteiger partial charge in [0.1, 0.15) is 0 Å². The molecular formula is C18H18ClNO3S2. The number of fused-ring (bicyclic) bond motifs is 1. The fraction of sp³-hybridized carbons (Fsp3) is 0.222. The minimum Gasteiger partial charge on any atom is -0.391 e. The van der Waals surface area contributed by atoms with Crippen LogP contribution in [0.1, 0.15) is 18.4 Å². The molecular weight excluding hydrogens is 378 g/mol. The number of benzene rings is 2. The standard InChI is InChI=1S/C18H18ClNO3S2/c1-12(13-7-3-2-4-8-13)15(21)11-20-25(22,23)18-17(19)14-9-5-6-10-16(14)24-18/h2-10,12,15,20-21H,11H2,1H3. The highest BCUT2D eigenvalue weighted by Gasteiger charge is 2.25. The Hall–Kier alpha value is -1.44. The molecule has 1 heterocycles. The molecule has 0 spiro atoms. The third-order valence-electron chi connectivity index (χ3n) is 4.13. The van der Waals surface area contributed by atoms with Crippen LogP contribution in [0.4, 0.5) is 0 Å². The molecule has 25 heavy (non-hydrogen) atoms. The summed E-state index contributed by atoms with van der Waals surface area (Å²) in [6, 6.07) is 16.8. The molecule has 0 aliphatic heterocycles. The molecule has 2 unspecified atom stereocenters. The van der Waals surface area contributed by atoms with Crippen molar-refractivity contribution >= 4 is 43.0 Å². The van der Waals surface area contributed by atoms with Crippen molar-refractivity contribution in [2.24, 2.45) is 0 Å². The van der Waals surface area contributed by atoms with Gasteiger partial charge in [-0.3, -0.25) is 0 Å². The van der Waals surface area contributed by atoms with E-state index in [4.69, 9.17) is 11.6 Å². The number of aliphatic hydroxyl groups is 1. The number of hydrogen-bond acceptors (Lipinski definition) is 4. The summed E-state index contributed by atoms with van der Waals surface area (Å²) < 4.78 is 28.5. The summed E-state index contributed by atoms with van der Waals surface area (Å²) in [6.07, 6.45) is -0.842. The number of sulfonamides is 1. The molecule has 3 rings (SSSR count). The zero-order valence-electron chi connectivity index (χ0n) is 13.5. The molecule has 2 atom stereocenters. The molecule has 0 radical (unpaired) electrons. The van der Waals surface area contributed by atoms with E-state index in [0.29, 0.717) is 5.39 Å². The highest BCUT2D eigenvalue weighted by molar-refractivity contribution is 7.92. The molecule has 0 aliphatic carbocycles. The van der Waals surface area contributed by atoms with Crippen LogP contribution in [0, 0.1) is 0 Å². The zero-order valence-corrected chi connectivity index (χ0v) is 15.9. The Labute approximate surface area is 156 Å². The van der Waals surface area contributed by atoms with E-state index in [1.807, 2.05) is 55.5 Å². The molecule has 132 valence electrons. The maximum atomic E-state index is 12.6. The molecule has 0 saturated carbocycles. The Morgan fingerprint density at radius 1 is 1.12 bits per heavy atom. The number of halogens is 1. The first kappa shape index (κ1) is 18.4. The van der Waals surface area contributed by atoms with Gasteiger partial charge < -0.3 is 5.11 Å². The van der Waals surface area contributed by atoms with Crippen molar-refractivity contribution in [3.63, 3.8) is 0 Å². The molecule has 0 saturated heterocycles. The number of aliphatic hydroxyl groups excluding tert-OH is 1. The maximum absolute atomic E-state index is 12.6. The third kappa shape index (κ3) is 3.88. The molecule has 7 heteroatoms. The quantitative estimate of drug-likeness (QED) is 0.663. The Morgan fingerprint density at radius 2 is 1.76 bits per heavy atom. The number of thiophene rings is 1. The lowest BCUT2D eigenvalue weighted by atomic mass is 9.96. The van der Waals surface area contributed by atoms with Gasteiger partial charge in [0.25, 0.3) is 10.0 Å². The van der Waals surface area contributed by atoms with Crippen LogP contribution in [-0.4, -0.2) is 26.2 Å².